The van der Waals surface area contributed by atoms with Gasteiger partial charge in [0.2, 0.25) is 0 Å². The molecule has 3 aromatic rings. The molecule has 0 saturated heterocycles. The van der Waals surface area contributed by atoms with Crippen molar-refractivity contribution in [3.05, 3.63) is 71.9 Å². The van der Waals surface area contributed by atoms with Crippen molar-refractivity contribution in [3.8, 4) is 5.75 Å². The fourth-order valence-electron chi connectivity index (χ4n) is 4.16. The number of amides is 1. The molecule has 0 radical (unpaired) electrons. The number of nitrogens with zero attached hydrogens (tertiary/aromatic N) is 1. The largest absolute Gasteiger partial charge is 0.506 e. The number of hydrogen-bond donors (Lipinski definition) is 2. The number of halogens is 3. The van der Waals surface area contributed by atoms with Gasteiger partial charge in [-0.3, -0.25) is 4.79 Å². The lowest BCUT2D eigenvalue weighted by molar-refractivity contribution is 0.102. The van der Waals surface area contributed by atoms with Crippen LogP contribution < -0.4 is 5.32 Å². The molecule has 1 heterocycles. The number of hydrogen-bond acceptors (Lipinski definition) is 4. The molecule has 0 spiro atoms. The van der Waals surface area contributed by atoms with E-state index in [-0.39, 0.29) is 17.1 Å². The van der Waals surface area contributed by atoms with E-state index >= 15 is 0 Å². The molecular formula is C26H25Br2ClN2O2S. The number of benzene rings is 2. The topological polar surface area (TPSA) is 61.7 Å². The van der Waals surface area contributed by atoms with Crippen LogP contribution in [0.1, 0.15) is 53.6 Å². The molecule has 0 bridgehead atoms. The number of thiophene rings is 1. The van der Waals surface area contributed by atoms with Crippen molar-refractivity contribution in [2.24, 2.45) is 16.3 Å². The summed E-state index contributed by atoms with van der Waals surface area (Å²) in [5, 5.41) is 14.3. The van der Waals surface area contributed by atoms with E-state index in [1.165, 1.54) is 4.88 Å². The SMILES string of the molecule is CC(C)(C)[C@H]1CCc2c(sc(N=Cc3cc(Br)c(O)c(Br)c3)c2C(=O)Nc2ccc(Cl)cc2)C1. The van der Waals surface area contributed by atoms with Gasteiger partial charge < -0.3 is 10.4 Å². The molecule has 0 aliphatic heterocycles. The van der Waals surface area contributed by atoms with Gasteiger partial charge in [0.15, 0.2) is 0 Å². The Bertz CT molecular complexity index is 1240. The zero-order chi connectivity index (χ0) is 24.6. The van der Waals surface area contributed by atoms with Gasteiger partial charge in [0, 0.05) is 21.8 Å². The minimum absolute atomic E-state index is 0.139. The van der Waals surface area contributed by atoms with Crippen LogP contribution in [-0.4, -0.2) is 17.2 Å². The van der Waals surface area contributed by atoms with E-state index in [1.54, 1.807) is 53.9 Å². The Morgan fingerprint density at radius 2 is 1.85 bits per heavy atom. The van der Waals surface area contributed by atoms with Crippen molar-refractivity contribution in [1.82, 2.24) is 0 Å². The van der Waals surface area contributed by atoms with Gasteiger partial charge in [-0.2, -0.15) is 0 Å². The second-order valence-corrected chi connectivity index (χ2v) is 12.8. The van der Waals surface area contributed by atoms with E-state index in [4.69, 9.17) is 16.6 Å². The number of carbonyl (C=O) groups is 1. The minimum atomic E-state index is -0.158. The summed E-state index contributed by atoms with van der Waals surface area (Å²) in [6, 6.07) is 10.7. The Balaban J connectivity index is 1.72. The van der Waals surface area contributed by atoms with Crippen LogP contribution in [0.4, 0.5) is 10.7 Å². The van der Waals surface area contributed by atoms with Crippen LogP contribution in [0.5, 0.6) is 5.75 Å². The molecule has 0 saturated carbocycles. The van der Waals surface area contributed by atoms with Crippen molar-refractivity contribution >= 4 is 77.6 Å². The van der Waals surface area contributed by atoms with Gasteiger partial charge in [0.1, 0.15) is 10.8 Å². The highest BCUT2D eigenvalue weighted by molar-refractivity contribution is 9.11. The summed E-state index contributed by atoms with van der Waals surface area (Å²) in [5.41, 5.74) is 3.47. The molecule has 1 amide bonds. The molecule has 1 aromatic heterocycles. The number of rotatable bonds is 4. The first kappa shape index (κ1) is 25.4. The van der Waals surface area contributed by atoms with Crippen molar-refractivity contribution in [2.75, 3.05) is 5.32 Å². The molecule has 8 heteroatoms. The highest BCUT2D eigenvalue weighted by Gasteiger charge is 2.33. The van der Waals surface area contributed by atoms with E-state index < -0.39 is 0 Å². The first-order valence-electron chi connectivity index (χ1n) is 11.0. The lowest BCUT2D eigenvalue weighted by Gasteiger charge is -2.33. The van der Waals surface area contributed by atoms with Crippen LogP contribution in [0, 0.1) is 11.3 Å². The third-order valence-corrected chi connectivity index (χ3v) is 8.79. The molecule has 34 heavy (non-hydrogen) atoms. The fourth-order valence-corrected chi connectivity index (χ4v) is 6.77. The average Bonchev–Trinajstić information content (AvgIpc) is 3.14. The van der Waals surface area contributed by atoms with Gasteiger partial charge >= 0.3 is 0 Å². The van der Waals surface area contributed by atoms with Crippen LogP contribution in [0.3, 0.4) is 0 Å². The highest BCUT2D eigenvalue weighted by Crippen LogP contribution is 2.45. The number of anilines is 1. The number of nitrogens with one attached hydrogen (secondary N) is 1. The summed E-state index contributed by atoms with van der Waals surface area (Å²) in [6.45, 7) is 6.85. The highest BCUT2D eigenvalue weighted by atomic mass is 79.9. The monoisotopic (exact) mass is 622 g/mol. The molecule has 0 fully saturated rings. The maximum atomic E-state index is 13.4. The summed E-state index contributed by atoms with van der Waals surface area (Å²) in [4.78, 5) is 19.4. The van der Waals surface area contributed by atoms with Gasteiger partial charge in [0.05, 0.1) is 14.5 Å². The van der Waals surface area contributed by atoms with Crippen LogP contribution >= 0.6 is 54.8 Å². The Labute approximate surface area is 225 Å². The first-order chi connectivity index (χ1) is 16.0. The lowest BCUT2D eigenvalue weighted by atomic mass is 9.72. The van der Waals surface area contributed by atoms with Gasteiger partial charge in [-0.05, 0) is 110 Å². The lowest BCUT2D eigenvalue weighted by Crippen LogP contribution is -2.27. The molecule has 0 unspecified atom stereocenters. The molecule has 4 rings (SSSR count). The predicted molar refractivity (Wildman–Crippen MR) is 149 cm³/mol. The van der Waals surface area contributed by atoms with E-state index in [2.05, 4.69) is 57.9 Å². The molecular weight excluding hydrogens is 600 g/mol. The first-order valence-corrected chi connectivity index (χ1v) is 13.7. The maximum Gasteiger partial charge on any atom is 0.259 e. The number of carbonyl (C=O) groups excluding carboxylic acids is 1. The molecule has 178 valence electrons. The number of phenols is 1. The second kappa shape index (κ2) is 10.1. The van der Waals surface area contributed by atoms with E-state index in [0.29, 0.717) is 36.1 Å². The molecule has 1 aliphatic rings. The number of aliphatic imine (C=N–C) groups is 1. The summed E-state index contributed by atoms with van der Waals surface area (Å²) in [7, 11) is 0. The Hall–Kier alpha value is -1.67. The number of phenolic OH excluding ortho intramolecular Hbond substituents is 1. The third kappa shape index (κ3) is 5.59. The average molecular weight is 625 g/mol. The van der Waals surface area contributed by atoms with Gasteiger partial charge in [-0.25, -0.2) is 4.99 Å². The van der Waals surface area contributed by atoms with Gasteiger partial charge in [0.25, 0.3) is 5.91 Å². The summed E-state index contributed by atoms with van der Waals surface area (Å²) in [6.07, 6.45) is 4.60. The Morgan fingerprint density at radius 3 is 2.47 bits per heavy atom. The van der Waals surface area contributed by atoms with Crippen LogP contribution in [0.15, 0.2) is 50.3 Å². The van der Waals surface area contributed by atoms with Gasteiger partial charge in [-0.1, -0.05) is 32.4 Å². The minimum Gasteiger partial charge on any atom is -0.506 e. The summed E-state index contributed by atoms with van der Waals surface area (Å²) >= 11 is 14.3. The predicted octanol–water partition coefficient (Wildman–Crippen LogP) is 8.79. The van der Waals surface area contributed by atoms with E-state index in [9.17, 15) is 9.90 Å². The quantitative estimate of drug-likeness (QED) is 0.285. The smallest absolute Gasteiger partial charge is 0.259 e. The summed E-state index contributed by atoms with van der Waals surface area (Å²) in [5.74, 6) is 0.543. The second-order valence-electron chi connectivity index (χ2n) is 9.54. The molecule has 4 nitrogen and oxygen atoms in total. The van der Waals surface area contributed by atoms with E-state index in [0.717, 1.165) is 30.4 Å². The number of fused-ring (bicyclic) bond motifs is 1. The standard InChI is InChI=1S/C26H25Br2ClN2O2S/c1-26(2,3)15-4-9-18-21(12-15)34-25(30-13-14-10-19(27)23(32)20(28)11-14)22(18)24(33)31-17-7-5-16(29)6-8-17/h5-8,10-11,13,15,32H,4,9,12H2,1-3H3,(H,31,33)/t15-/m0/s1. The van der Waals surface area contributed by atoms with Crippen molar-refractivity contribution in [1.29, 1.82) is 0 Å². The molecule has 2 N–H and O–H groups in total. The van der Waals surface area contributed by atoms with Crippen LogP contribution in [0.25, 0.3) is 0 Å². The van der Waals surface area contributed by atoms with Gasteiger partial charge in [-0.15, -0.1) is 11.3 Å². The van der Waals surface area contributed by atoms with Crippen molar-refractivity contribution in [2.45, 2.75) is 40.0 Å². The third-order valence-electron chi connectivity index (χ3n) is 6.17. The summed E-state index contributed by atoms with van der Waals surface area (Å²) < 4.78 is 1.14. The molecule has 1 aliphatic carbocycles. The Morgan fingerprint density at radius 1 is 1.21 bits per heavy atom. The fraction of sp³-hybridized carbons (Fsp3) is 0.308. The molecule has 1 atom stereocenters. The molecule has 2 aromatic carbocycles. The van der Waals surface area contributed by atoms with Crippen LogP contribution in [-0.2, 0) is 12.8 Å². The zero-order valence-corrected chi connectivity index (χ0v) is 23.8. The van der Waals surface area contributed by atoms with Crippen molar-refractivity contribution in [3.63, 3.8) is 0 Å². The van der Waals surface area contributed by atoms with Crippen molar-refractivity contribution < 1.29 is 9.90 Å². The van der Waals surface area contributed by atoms with E-state index in [1.807, 2.05) is 0 Å². The number of aromatic hydroxyl groups is 1. The normalized spacial score (nSPS) is 16.0. The Kier molecular flexibility index (Phi) is 7.58. The zero-order valence-electron chi connectivity index (χ0n) is 19.1. The maximum absolute atomic E-state index is 13.4. The van der Waals surface area contributed by atoms with Crippen LogP contribution in [0.2, 0.25) is 5.02 Å².